The van der Waals surface area contributed by atoms with Gasteiger partial charge < -0.3 is 19.9 Å². The number of hydrogen-bond acceptors (Lipinski definition) is 6. The molecule has 2 aliphatic rings. The number of halogens is 2. The van der Waals surface area contributed by atoms with Crippen LogP contribution in [0.4, 0.5) is 10.8 Å². The largest absolute Gasteiger partial charge is 0.481 e. The summed E-state index contributed by atoms with van der Waals surface area (Å²) in [6.45, 7) is 3.32. The lowest BCUT2D eigenvalue weighted by atomic mass is 10.0. The average Bonchev–Trinajstić information content (AvgIpc) is 3.30. The van der Waals surface area contributed by atoms with E-state index in [1.54, 1.807) is 29.4 Å². The van der Waals surface area contributed by atoms with Gasteiger partial charge >= 0.3 is 0 Å². The minimum atomic E-state index is -0.0912. The van der Waals surface area contributed by atoms with Gasteiger partial charge in [-0.1, -0.05) is 41.9 Å². The molecule has 0 atom stereocenters. The van der Waals surface area contributed by atoms with Crippen LogP contribution in [0.15, 0.2) is 47.8 Å². The van der Waals surface area contributed by atoms with Crippen LogP contribution in [0, 0.1) is 0 Å². The summed E-state index contributed by atoms with van der Waals surface area (Å²) >= 11 is 7.94. The third-order valence-corrected chi connectivity index (χ3v) is 7.36. The molecule has 1 saturated heterocycles. The van der Waals surface area contributed by atoms with E-state index < -0.39 is 0 Å². The van der Waals surface area contributed by atoms with Crippen molar-refractivity contribution in [3.8, 4) is 17.0 Å². The van der Waals surface area contributed by atoms with Crippen molar-refractivity contribution in [2.24, 2.45) is 0 Å². The number of piperidine rings is 1. The first-order chi connectivity index (χ1) is 16.1. The zero-order valence-electron chi connectivity index (χ0n) is 19.0. The fraction of sp³-hybridized carbons (Fsp3) is 0.360. The quantitative estimate of drug-likeness (QED) is 0.428. The molecule has 0 unspecified atom stereocenters. The van der Waals surface area contributed by atoms with Crippen molar-refractivity contribution >= 4 is 56.6 Å². The number of hydrogen-bond donors (Lipinski definition) is 1. The number of rotatable bonds is 6. The highest BCUT2D eigenvalue weighted by Crippen LogP contribution is 2.43. The molecule has 1 amide bonds. The van der Waals surface area contributed by atoms with Gasteiger partial charge in [0.05, 0.1) is 11.4 Å². The Morgan fingerprint density at radius 3 is 2.74 bits per heavy atom. The van der Waals surface area contributed by atoms with Crippen LogP contribution in [0.1, 0.15) is 18.4 Å². The van der Waals surface area contributed by atoms with Crippen LogP contribution in [-0.4, -0.2) is 55.1 Å². The molecule has 3 heterocycles. The Morgan fingerprint density at radius 2 is 1.97 bits per heavy atom. The molecule has 2 aromatic carbocycles. The molecule has 1 fully saturated rings. The summed E-state index contributed by atoms with van der Waals surface area (Å²) in [5.41, 5.74) is 3.70. The van der Waals surface area contributed by atoms with E-state index in [0.29, 0.717) is 22.5 Å². The van der Waals surface area contributed by atoms with E-state index in [9.17, 15) is 4.79 Å². The van der Waals surface area contributed by atoms with Gasteiger partial charge in [0.15, 0.2) is 17.5 Å². The van der Waals surface area contributed by atoms with Crippen LogP contribution in [0.3, 0.4) is 0 Å². The molecule has 1 N–H and O–H groups in total. The number of aromatic nitrogens is 1. The maximum absolute atomic E-state index is 12.0. The van der Waals surface area contributed by atoms with E-state index in [4.69, 9.17) is 21.3 Å². The van der Waals surface area contributed by atoms with Gasteiger partial charge in [-0.15, -0.1) is 28.3 Å². The molecule has 3 aromatic rings. The number of anilines is 2. The molecule has 6 nitrogen and oxygen atoms in total. The Bertz CT molecular complexity index is 1140. The molecular weight excluding hydrogens is 536 g/mol. The average molecular weight is 564 g/mol. The number of amides is 1. The predicted molar refractivity (Wildman–Crippen MR) is 145 cm³/mol. The summed E-state index contributed by atoms with van der Waals surface area (Å²) < 4.78 is 5.76. The maximum atomic E-state index is 12.0. The van der Waals surface area contributed by atoms with Crippen molar-refractivity contribution in [2.75, 3.05) is 43.5 Å². The summed E-state index contributed by atoms with van der Waals surface area (Å²) in [4.78, 5) is 21.0. The van der Waals surface area contributed by atoms with Gasteiger partial charge in [0.1, 0.15) is 0 Å². The Balaban J connectivity index is 0.00000274. The van der Waals surface area contributed by atoms with Gasteiger partial charge in [0.2, 0.25) is 0 Å². The Labute approximate surface area is 219 Å². The number of thiazole rings is 1. The van der Waals surface area contributed by atoms with Crippen molar-refractivity contribution < 1.29 is 9.53 Å². The molecule has 5 rings (SSSR count). The highest BCUT2D eigenvalue weighted by Gasteiger charge is 2.27. The molecular formula is C25H28BrClN4O2S. The zero-order chi connectivity index (χ0) is 22.8. The lowest BCUT2D eigenvalue weighted by molar-refractivity contribution is -0.120. The lowest BCUT2D eigenvalue weighted by Gasteiger charge is -2.32. The van der Waals surface area contributed by atoms with Crippen molar-refractivity contribution in [2.45, 2.75) is 25.3 Å². The minimum absolute atomic E-state index is 0. The van der Waals surface area contributed by atoms with E-state index in [1.165, 1.54) is 5.56 Å². The number of nitrogens with zero attached hydrogens (tertiary/aromatic N) is 3. The van der Waals surface area contributed by atoms with Gasteiger partial charge in [-0.3, -0.25) is 4.79 Å². The van der Waals surface area contributed by atoms with E-state index >= 15 is 0 Å². The molecule has 9 heteroatoms. The van der Waals surface area contributed by atoms with Gasteiger partial charge in [-0.2, -0.15) is 0 Å². The monoisotopic (exact) mass is 562 g/mol. The number of likely N-dealkylation sites (tertiary alicyclic amines) is 1. The Kier molecular flexibility index (Phi) is 8.14. The highest BCUT2D eigenvalue weighted by molar-refractivity contribution is 8.93. The maximum Gasteiger partial charge on any atom is 0.264 e. The van der Waals surface area contributed by atoms with E-state index in [2.05, 4.69) is 40.5 Å². The second kappa shape index (κ2) is 11.1. The van der Waals surface area contributed by atoms with E-state index in [0.717, 1.165) is 55.3 Å². The molecule has 0 bridgehead atoms. The van der Waals surface area contributed by atoms with Gasteiger partial charge in [0.25, 0.3) is 5.91 Å². The van der Waals surface area contributed by atoms with Crippen LogP contribution in [0.25, 0.3) is 11.3 Å². The first-order valence-electron chi connectivity index (χ1n) is 11.3. The van der Waals surface area contributed by atoms with Crippen molar-refractivity contribution in [1.29, 1.82) is 0 Å². The van der Waals surface area contributed by atoms with Crippen LogP contribution in [0.2, 0.25) is 5.02 Å². The van der Waals surface area contributed by atoms with Crippen LogP contribution < -0.4 is 15.0 Å². The minimum Gasteiger partial charge on any atom is -0.481 e. The standard InChI is InChI=1S/C25H27ClN4O2S.BrH/c1-29-22-14-18(26)13-20(24(22)32-15-23(29)31)21-16-33-25(28-21)27-19-8-11-30(12-9-19)10-7-17-5-3-2-4-6-17;/h2-6,13-14,16,19H,7-12,15H2,1H3,(H,27,28);1H. The first kappa shape index (κ1) is 25.0. The molecule has 1 aromatic heterocycles. The first-order valence-corrected chi connectivity index (χ1v) is 12.5. The van der Waals surface area contributed by atoms with Crippen molar-refractivity contribution in [3.63, 3.8) is 0 Å². The third-order valence-electron chi connectivity index (χ3n) is 6.36. The topological polar surface area (TPSA) is 57.7 Å². The van der Waals surface area contributed by atoms with E-state index in [-0.39, 0.29) is 29.5 Å². The van der Waals surface area contributed by atoms with Crippen LogP contribution in [-0.2, 0) is 11.2 Å². The molecule has 0 saturated carbocycles. The van der Waals surface area contributed by atoms with E-state index in [1.807, 2.05) is 11.4 Å². The Morgan fingerprint density at radius 1 is 1.21 bits per heavy atom. The highest BCUT2D eigenvalue weighted by atomic mass is 79.9. The summed E-state index contributed by atoms with van der Waals surface area (Å²) in [5, 5.41) is 7.09. The summed E-state index contributed by atoms with van der Waals surface area (Å²) in [6.07, 6.45) is 3.31. The lowest BCUT2D eigenvalue weighted by Crippen LogP contribution is -2.40. The van der Waals surface area contributed by atoms with Gasteiger partial charge in [0, 0.05) is 48.7 Å². The predicted octanol–water partition coefficient (Wildman–Crippen LogP) is 5.52. The van der Waals surface area contributed by atoms with Gasteiger partial charge in [-0.05, 0) is 37.0 Å². The summed E-state index contributed by atoms with van der Waals surface area (Å²) in [5.74, 6) is 0.566. The number of fused-ring (bicyclic) bond motifs is 1. The SMILES string of the molecule is Br.CN1C(=O)COc2c(-c3csc(NC4CCN(CCc5ccccc5)CC4)n3)cc(Cl)cc21. The fourth-order valence-corrected chi connectivity index (χ4v) is 5.41. The smallest absolute Gasteiger partial charge is 0.264 e. The molecule has 2 aliphatic heterocycles. The zero-order valence-corrected chi connectivity index (χ0v) is 22.3. The van der Waals surface area contributed by atoms with Crippen LogP contribution >= 0.6 is 39.9 Å². The molecule has 180 valence electrons. The van der Waals surface area contributed by atoms with Crippen LogP contribution in [0.5, 0.6) is 5.75 Å². The number of likely N-dealkylation sites (N-methyl/N-ethyl adjacent to an activating group) is 1. The number of nitrogens with one attached hydrogen (secondary N) is 1. The summed E-state index contributed by atoms with van der Waals surface area (Å²) in [7, 11) is 1.74. The number of carbonyl (C=O) groups is 1. The normalized spacial score (nSPS) is 16.5. The van der Waals surface area contributed by atoms with Crippen molar-refractivity contribution in [1.82, 2.24) is 9.88 Å². The van der Waals surface area contributed by atoms with Crippen molar-refractivity contribution in [3.05, 3.63) is 58.4 Å². The number of benzene rings is 2. The second-order valence-electron chi connectivity index (χ2n) is 8.58. The Hall–Kier alpha value is -2.13. The second-order valence-corrected chi connectivity index (χ2v) is 9.87. The molecule has 0 radical (unpaired) electrons. The fourth-order valence-electron chi connectivity index (χ4n) is 4.41. The van der Waals surface area contributed by atoms with Gasteiger partial charge in [-0.25, -0.2) is 4.98 Å². The summed E-state index contributed by atoms with van der Waals surface area (Å²) in [6, 6.07) is 14.7. The number of carbonyl (C=O) groups excluding carboxylic acids is 1. The molecule has 0 aliphatic carbocycles. The third kappa shape index (κ3) is 5.57. The number of ether oxygens (including phenoxy) is 1. The molecule has 0 spiro atoms. The molecule has 34 heavy (non-hydrogen) atoms.